The maximum absolute atomic E-state index is 6.17. The first-order valence-electron chi connectivity index (χ1n) is 6.99. The van der Waals surface area contributed by atoms with Crippen molar-refractivity contribution in [3.05, 3.63) is 51.8 Å². The Morgan fingerprint density at radius 3 is 3.10 bits per heavy atom. The van der Waals surface area contributed by atoms with Gasteiger partial charge in [0.2, 0.25) is 0 Å². The van der Waals surface area contributed by atoms with E-state index in [9.17, 15) is 0 Å². The van der Waals surface area contributed by atoms with Crippen LogP contribution in [0.15, 0.2) is 30.6 Å². The summed E-state index contributed by atoms with van der Waals surface area (Å²) in [7, 11) is 0. The predicted octanol–water partition coefficient (Wildman–Crippen LogP) is 3.58. The molecule has 0 saturated carbocycles. The molecule has 0 unspecified atom stereocenters. The summed E-state index contributed by atoms with van der Waals surface area (Å²) in [5.41, 5.74) is 2.13. The molecule has 0 amide bonds. The fourth-order valence-corrected chi connectivity index (χ4v) is 3.08. The Bertz CT molecular complexity index is 589. The third-order valence-corrected chi connectivity index (χ3v) is 4.40. The normalized spacial score (nSPS) is 21.8. The van der Waals surface area contributed by atoms with Crippen molar-refractivity contribution in [1.29, 1.82) is 0 Å². The number of aromatic amines is 1. The highest BCUT2D eigenvalue weighted by molar-refractivity contribution is 6.33. The van der Waals surface area contributed by atoms with Gasteiger partial charge in [0.15, 0.2) is 0 Å². The molecule has 21 heavy (non-hydrogen) atoms. The summed E-state index contributed by atoms with van der Waals surface area (Å²) >= 11 is 12.2. The number of aromatic nitrogens is 2. The van der Waals surface area contributed by atoms with Gasteiger partial charge in [-0.2, -0.15) is 5.10 Å². The maximum atomic E-state index is 6.17. The lowest BCUT2D eigenvalue weighted by Gasteiger charge is -2.18. The third kappa shape index (κ3) is 3.58. The molecule has 1 aliphatic rings. The highest BCUT2D eigenvalue weighted by Crippen LogP contribution is 2.33. The molecule has 2 heterocycles. The lowest BCUT2D eigenvalue weighted by molar-refractivity contribution is 0.0905. The van der Waals surface area contributed by atoms with Gasteiger partial charge in [-0.25, -0.2) is 0 Å². The number of hydrogen-bond donors (Lipinski definition) is 2. The number of ether oxygens (including phenoxy) is 1. The van der Waals surface area contributed by atoms with Gasteiger partial charge in [0.1, 0.15) is 0 Å². The summed E-state index contributed by atoms with van der Waals surface area (Å²) < 4.78 is 5.81. The van der Waals surface area contributed by atoms with Gasteiger partial charge in [-0.05, 0) is 30.2 Å². The van der Waals surface area contributed by atoms with Crippen LogP contribution in [0, 0.1) is 5.92 Å². The molecule has 1 aromatic heterocycles. The fraction of sp³-hybridized carbons (Fsp3) is 0.400. The van der Waals surface area contributed by atoms with Gasteiger partial charge in [-0.1, -0.05) is 23.2 Å². The van der Waals surface area contributed by atoms with E-state index in [1.165, 1.54) is 0 Å². The van der Waals surface area contributed by atoms with E-state index in [4.69, 9.17) is 27.9 Å². The highest BCUT2D eigenvalue weighted by atomic mass is 35.5. The van der Waals surface area contributed by atoms with Crippen LogP contribution in [-0.2, 0) is 11.3 Å². The van der Waals surface area contributed by atoms with Crippen molar-refractivity contribution < 1.29 is 4.74 Å². The van der Waals surface area contributed by atoms with Crippen molar-refractivity contribution in [1.82, 2.24) is 15.5 Å². The molecule has 1 fully saturated rings. The SMILES string of the molecule is Clc1ccc(Cl)c(CNC[C@H]2CCO[C@@H]2c2cn[nH]c2)c1. The Balaban J connectivity index is 1.56. The van der Waals surface area contributed by atoms with E-state index >= 15 is 0 Å². The monoisotopic (exact) mass is 325 g/mol. The molecular weight excluding hydrogens is 309 g/mol. The molecule has 0 radical (unpaired) electrons. The summed E-state index contributed by atoms with van der Waals surface area (Å²) in [6.07, 6.45) is 4.89. The Kier molecular flexibility index (Phi) is 4.80. The van der Waals surface area contributed by atoms with Gasteiger partial charge < -0.3 is 10.1 Å². The second-order valence-electron chi connectivity index (χ2n) is 5.24. The molecule has 1 aromatic carbocycles. The topological polar surface area (TPSA) is 49.9 Å². The van der Waals surface area contributed by atoms with Crippen LogP contribution in [0.3, 0.4) is 0 Å². The number of benzene rings is 1. The molecule has 6 heteroatoms. The number of H-pyrrole nitrogens is 1. The smallest absolute Gasteiger partial charge is 0.0896 e. The highest BCUT2D eigenvalue weighted by Gasteiger charge is 2.29. The van der Waals surface area contributed by atoms with E-state index in [2.05, 4.69) is 15.5 Å². The predicted molar refractivity (Wildman–Crippen MR) is 83.6 cm³/mol. The Morgan fingerprint density at radius 2 is 2.29 bits per heavy atom. The van der Waals surface area contributed by atoms with Crippen molar-refractivity contribution in [2.24, 2.45) is 5.92 Å². The van der Waals surface area contributed by atoms with Crippen LogP contribution in [-0.4, -0.2) is 23.3 Å². The van der Waals surface area contributed by atoms with Crippen LogP contribution in [0.1, 0.15) is 23.7 Å². The molecule has 3 rings (SSSR count). The second-order valence-corrected chi connectivity index (χ2v) is 6.08. The van der Waals surface area contributed by atoms with Crippen LogP contribution >= 0.6 is 23.2 Å². The molecular formula is C15H17Cl2N3O. The number of rotatable bonds is 5. The largest absolute Gasteiger partial charge is 0.373 e. The van der Waals surface area contributed by atoms with E-state index in [-0.39, 0.29) is 6.10 Å². The van der Waals surface area contributed by atoms with E-state index in [1.54, 1.807) is 6.07 Å². The first kappa shape index (κ1) is 14.9. The maximum Gasteiger partial charge on any atom is 0.0896 e. The quantitative estimate of drug-likeness (QED) is 0.883. The number of hydrogen-bond acceptors (Lipinski definition) is 3. The molecule has 2 aromatic rings. The summed E-state index contributed by atoms with van der Waals surface area (Å²) in [6, 6.07) is 5.52. The van der Waals surface area contributed by atoms with Gasteiger partial charge in [0.25, 0.3) is 0 Å². The second kappa shape index (κ2) is 6.79. The van der Waals surface area contributed by atoms with E-state index in [0.29, 0.717) is 17.5 Å². The van der Waals surface area contributed by atoms with Crippen LogP contribution in [0.2, 0.25) is 10.0 Å². The zero-order valence-electron chi connectivity index (χ0n) is 11.5. The lowest BCUT2D eigenvalue weighted by atomic mass is 9.97. The molecule has 2 N–H and O–H groups in total. The lowest BCUT2D eigenvalue weighted by Crippen LogP contribution is -2.24. The van der Waals surface area contributed by atoms with Crippen molar-refractivity contribution in [3.8, 4) is 0 Å². The van der Waals surface area contributed by atoms with Crippen molar-refractivity contribution in [2.45, 2.75) is 19.1 Å². The minimum absolute atomic E-state index is 0.117. The fourth-order valence-electron chi connectivity index (χ4n) is 2.70. The van der Waals surface area contributed by atoms with E-state index in [1.807, 2.05) is 24.5 Å². The molecule has 0 aliphatic carbocycles. The Hall–Kier alpha value is -1.07. The van der Waals surface area contributed by atoms with E-state index < -0.39 is 0 Å². The molecule has 1 aliphatic heterocycles. The standard InChI is InChI=1S/C15H17Cl2N3O/c16-13-1-2-14(17)11(5-13)7-18-6-10-3-4-21-15(10)12-8-19-20-9-12/h1-2,5,8-10,15,18H,3-4,6-7H2,(H,19,20)/t10-,15+/m1/s1. The molecule has 4 nitrogen and oxygen atoms in total. The number of nitrogens with one attached hydrogen (secondary N) is 2. The average molecular weight is 326 g/mol. The average Bonchev–Trinajstić information content (AvgIpc) is 3.13. The Labute approximate surface area is 133 Å². The third-order valence-electron chi connectivity index (χ3n) is 3.79. The van der Waals surface area contributed by atoms with Crippen molar-refractivity contribution in [3.63, 3.8) is 0 Å². The van der Waals surface area contributed by atoms with Gasteiger partial charge in [-0.15, -0.1) is 0 Å². The molecule has 1 saturated heterocycles. The zero-order chi connectivity index (χ0) is 14.7. The van der Waals surface area contributed by atoms with E-state index in [0.717, 1.165) is 35.7 Å². The van der Waals surface area contributed by atoms with Crippen LogP contribution in [0.25, 0.3) is 0 Å². The minimum atomic E-state index is 0.117. The first-order valence-corrected chi connectivity index (χ1v) is 7.74. The van der Waals surface area contributed by atoms with Gasteiger partial charge in [0.05, 0.1) is 12.3 Å². The molecule has 2 atom stereocenters. The van der Waals surface area contributed by atoms with Gasteiger partial charge >= 0.3 is 0 Å². The summed E-state index contributed by atoms with van der Waals surface area (Å²) in [5.74, 6) is 0.445. The first-order chi connectivity index (χ1) is 10.2. The molecule has 112 valence electrons. The van der Waals surface area contributed by atoms with Crippen LogP contribution in [0.4, 0.5) is 0 Å². The van der Waals surface area contributed by atoms with Crippen molar-refractivity contribution >= 4 is 23.2 Å². The summed E-state index contributed by atoms with van der Waals surface area (Å²) in [4.78, 5) is 0. The molecule has 0 bridgehead atoms. The molecule has 0 spiro atoms. The minimum Gasteiger partial charge on any atom is -0.373 e. The zero-order valence-corrected chi connectivity index (χ0v) is 13.0. The summed E-state index contributed by atoms with van der Waals surface area (Å²) in [6.45, 7) is 2.37. The number of nitrogens with zero attached hydrogens (tertiary/aromatic N) is 1. The van der Waals surface area contributed by atoms with Crippen LogP contribution in [0.5, 0.6) is 0 Å². The Morgan fingerprint density at radius 1 is 1.38 bits per heavy atom. The van der Waals surface area contributed by atoms with Gasteiger partial charge in [0, 0.05) is 47.4 Å². The van der Waals surface area contributed by atoms with Crippen molar-refractivity contribution in [2.75, 3.05) is 13.2 Å². The van der Waals surface area contributed by atoms with Gasteiger partial charge in [-0.3, -0.25) is 5.10 Å². The van der Waals surface area contributed by atoms with Crippen LogP contribution < -0.4 is 5.32 Å². The summed E-state index contributed by atoms with van der Waals surface area (Å²) in [5, 5.41) is 11.7. The number of halogens is 2.